The van der Waals surface area contributed by atoms with Crippen molar-refractivity contribution in [2.45, 2.75) is 82.0 Å². The van der Waals surface area contributed by atoms with Crippen LogP contribution >= 0.6 is 22.6 Å². The van der Waals surface area contributed by atoms with Gasteiger partial charge in [0, 0.05) is 33.1 Å². The third-order valence-corrected chi connectivity index (χ3v) is 12.0. The molecule has 0 aromatic heterocycles. The topological polar surface area (TPSA) is 149 Å². The van der Waals surface area contributed by atoms with E-state index in [9.17, 15) is 30.0 Å². The van der Waals surface area contributed by atoms with Crippen molar-refractivity contribution in [3.05, 3.63) is 39.0 Å². The number of halogens is 1. The Kier molecular flexibility index (Phi) is 6.87. The van der Waals surface area contributed by atoms with Gasteiger partial charge in [-0.2, -0.15) is 5.10 Å². The molecule has 4 saturated carbocycles. The first-order valence-corrected chi connectivity index (χ1v) is 15.3. The molecular weight excluding hydrogens is 627 g/mol. The number of rotatable bonds is 4. The minimum atomic E-state index is -1.22. The summed E-state index contributed by atoms with van der Waals surface area (Å²) < 4.78 is 6.02. The molecule has 9 nitrogen and oxygen atoms in total. The standard InChI is InChI=1S/C30H37IN2O7/c1-27-8-5-22-23(30(27,39)11-7-21(27)17-12-25(36)40-15-17)6-10-29(38)14-19(34)4-9-28(22,29)16-32-33-26(37)20-13-18(31)2-3-24(20)35/h2-3,12-13,16,19,21-23,34-35,38-39H,4-11,14-15H2,1H3,(H,33,37)/t19-,21?,22+,23-,27?,28?,29?,30?/m1/s1. The third-order valence-electron chi connectivity index (χ3n) is 11.3. The van der Waals surface area contributed by atoms with E-state index in [1.165, 1.54) is 6.07 Å². The van der Waals surface area contributed by atoms with Gasteiger partial charge in [0.2, 0.25) is 0 Å². The number of phenols is 1. The number of nitrogens with zero attached hydrogens (tertiary/aromatic N) is 1. The number of carbonyl (C=O) groups is 2. The maximum Gasteiger partial charge on any atom is 0.331 e. The van der Waals surface area contributed by atoms with Crippen LogP contribution in [0.25, 0.3) is 0 Å². The van der Waals surface area contributed by atoms with Gasteiger partial charge in [0.15, 0.2) is 0 Å². The van der Waals surface area contributed by atoms with Crippen molar-refractivity contribution >= 4 is 40.7 Å². The van der Waals surface area contributed by atoms with Crippen LogP contribution < -0.4 is 5.43 Å². The van der Waals surface area contributed by atoms with Gasteiger partial charge in [-0.25, -0.2) is 10.2 Å². The second kappa shape index (κ2) is 9.78. The number of amides is 1. The van der Waals surface area contributed by atoms with Crippen molar-refractivity contribution in [3.63, 3.8) is 0 Å². The maximum atomic E-state index is 12.9. The molecule has 1 amide bonds. The molecule has 1 aromatic rings. The first-order valence-electron chi connectivity index (χ1n) is 14.3. The molecule has 0 radical (unpaired) electrons. The Morgan fingerprint density at radius 1 is 1.12 bits per heavy atom. The predicted octanol–water partition coefficient (Wildman–Crippen LogP) is 3.43. The van der Waals surface area contributed by atoms with Gasteiger partial charge in [0.25, 0.3) is 5.91 Å². The first-order chi connectivity index (χ1) is 18.9. The summed E-state index contributed by atoms with van der Waals surface area (Å²) in [5.41, 5.74) is 0.165. The van der Waals surface area contributed by atoms with Crippen LogP contribution in [0.1, 0.15) is 75.1 Å². The Balaban J connectivity index is 1.32. The fourth-order valence-electron chi connectivity index (χ4n) is 9.32. The third kappa shape index (κ3) is 4.07. The van der Waals surface area contributed by atoms with E-state index in [0.717, 1.165) is 28.4 Å². The summed E-state index contributed by atoms with van der Waals surface area (Å²) >= 11 is 2.07. The minimum absolute atomic E-state index is 0.0594. The number of hydrazone groups is 1. The van der Waals surface area contributed by atoms with E-state index in [2.05, 4.69) is 40.0 Å². The zero-order valence-electron chi connectivity index (χ0n) is 22.6. The smallest absolute Gasteiger partial charge is 0.331 e. The lowest BCUT2D eigenvalue weighted by atomic mass is 9.41. The van der Waals surface area contributed by atoms with E-state index >= 15 is 0 Å². The van der Waals surface area contributed by atoms with Crippen molar-refractivity contribution in [2.75, 3.05) is 6.61 Å². The van der Waals surface area contributed by atoms with Crippen LogP contribution in [0.2, 0.25) is 0 Å². The molecule has 8 atom stereocenters. The number of nitrogens with one attached hydrogen (secondary N) is 1. The molecule has 1 aromatic carbocycles. The average molecular weight is 665 g/mol. The highest BCUT2D eigenvalue weighted by Crippen LogP contribution is 2.70. The van der Waals surface area contributed by atoms with Crippen molar-refractivity contribution in [2.24, 2.45) is 33.7 Å². The number of aliphatic hydroxyl groups excluding tert-OH is 1. The molecule has 1 heterocycles. The second-order valence-corrected chi connectivity index (χ2v) is 14.1. The number of aliphatic hydroxyl groups is 3. The Hall–Kier alpha value is -2.02. The summed E-state index contributed by atoms with van der Waals surface area (Å²) in [5, 5.41) is 49.7. The van der Waals surface area contributed by atoms with Crippen molar-refractivity contribution < 1.29 is 34.8 Å². The number of fused-ring (bicyclic) bond motifs is 5. The van der Waals surface area contributed by atoms with Gasteiger partial charge in [-0.3, -0.25) is 4.79 Å². The number of hydrogen-bond acceptors (Lipinski definition) is 8. The van der Waals surface area contributed by atoms with E-state index in [0.29, 0.717) is 32.1 Å². The predicted molar refractivity (Wildman–Crippen MR) is 154 cm³/mol. The van der Waals surface area contributed by atoms with Gasteiger partial charge in [-0.1, -0.05) is 6.92 Å². The summed E-state index contributed by atoms with van der Waals surface area (Å²) in [6.45, 7) is 2.43. The van der Waals surface area contributed by atoms with Gasteiger partial charge in [-0.05, 0) is 115 Å². The minimum Gasteiger partial charge on any atom is -0.507 e. The quantitative estimate of drug-likeness (QED) is 0.143. The number of benzene rings is 1. The molecule has 1 aliphatic heterocycles. The van der Waals surface area contributed by atoms with Crippen LogP contribution in [-0.4, -0.2) is 62.4 Å². The lowest BCUT2D eigenvalue weighted by molar-refractivity contribution is -0.237. The highest BCUT2D eigenvalue weighted by Gasteiger charge is 2.71. The SMILES string of the molecule is CC12CC[C@H]3[C@@H](CCC4(O)C[C@H](O)CCC34C=NNC(=O)c3cc(I)ccc3O)C1(O)CCC2C1=CC(=O)OC1. The first kappa shape index (κ1) is 28.1. The summed E-state index contributed by atoms with van der Waals surface area (Å²) in [6, 6.07) is 4.74. The van der Waals surface area contributed by atoms with E-state index in [1.54, 1.807) is 24.4 Å². The molecule has 4 aliphatic carbocycles. The molecular formula is C30H37IN2O7. The number of esters is 1. The van der Waals surface area contributed by atoms with Crippen molar-refractivity contribution in [1.82, 2.24) is 5.43 Å². The molecule has 5 unspecified atom stereocenters. The molecule has 10 heteroatoms. The average Bonchev–Trinajstić information content (AvgIpc) is 3.45. The van der Waals surface area contributed by atoms with Crippen molar-refractivity contribution in [3.8, 4) is 5.75 Å². The van der Waals surface area contributed by atoms with Crippen LogP contribution in [0, 0.1) is 32.2 Å². The zero-order chi connectivity index (χ0) is 28.5. The molecule has 4 fully saturated rings. The Bertz CT molecular complexity index is 1300. The van der Waals surface area contributed by atoms with Crippen LogP contribution in [0.3, 0.4) is 0 Å². The van der Waals surface area contributed by atoms with Gasteiger partial charge in [-0.15, -0.1) is 0 Å². The molecule has 6 rings (SSSR count). The summed E-state index contributed by atoms with van der Waals surface area (Å²) in [5.74, 6) is -1.16. The van der Waals surface area contributed by atoms with Gasteiger partial charge >= 0.3 is 5.97 Å². The molecule has 40 heavy (non-hydrogen) atoms. The highest BCUT2D eigenvalue weighted by molar-refractivity contribution is 14.1. The van der Waals surface area contributed by atoms with Gasteiger partial charge < -0.3 is 25.2 Å². The number of carbonyl (C=O) groups excluding carboxylic acids is 2. The molecule has 5 N–H and O–H groups in total. The van der Waals surface area contributed by atoms with Crippen molar-refractivity contribution in [1.29, 1.82) is 0 Å². The normalized spacial score (nSPS) is 42.5. The van der Waals surface area contributed by atoms with Crippen LogP contribution in [-0.2, 0) is 9.53 Å². The second-order valence-electron chi connectivity index (χ2n) is 12.9. The van der Waals surface area contributed by atoms with Gasteiger partial charge in [0.1, 0.15) is 12.4 Å². The lowest BCUT2D eigenvalue weighted by Gasteiger charge is -2.65. The number of ether oxygens (including phenoxy) is 1. The Morgan fingerprint density at radius 2 is 1.90 bits per heavy atom. The molecule has 216 valence electrons. The molecule has 0 saturated heterocycles. The van der Waals surface area contributed by atoms with E-state index in [1.807, 2.05) is 0 Å². The van der Waals surface area contributed by atoms with Gasteiger partial charge in [0.05, 0.1) is 22.9 Å². The van der Waals surface area contributed by atoms with E-state index in [4.69, 9.17) is 4.74 Å². The lowest BCUT2D eigenvalue weighted by Crippen LogP contribution is -2.68. The number of phenolic OH excluding ortho intramolecular Hbond substituents is 1. The summed E-state index contributed by atoms with van der Waals surface area (Å²) in [6.07, 6.45) is 7.74. The molecule has 0 bridgehead atoms. The summed E-state index contributed by atoms with van der Waals surface area (Å²) in [4.78, 5) is 24.7. The Labute approximate surface area is 247 Å². The fraction of sp³-hybridized carbons (Fsp3) is 0.633. The largest absolute Gasteiger partial charge is 0.507 e. The fourth-order valence-corrected chi connectivity index (χ4v) is 9.81. The molecule has 0 spiro atoms. The van der Waals surface area contributed by atoms with E-state index in [-0.39, 0.29) is 48.1 Å². The highest BCUT2D eigenvalue weighted by atomic mass is 127. The number of aromatic hydroxyl groups is 1. The monoisotopic (exact) mass is 664 g/mol. The zero-order valence-corrected chi connectivity index (χ0v) is 24.8. The van der Waals surface area contributed by atoms with Crippen LogP contribution in [0.15, 0.2) is 34.9 Å². The van der Waals surface area contributed by atoms with E-state index < -0.39 is 34.0 Å². The van der Waals surface area contributed by atoms with Crippen LogP contribution in [0.4, 0.5) is 0 Å². The molecule has 5 aliphatic rings. The van der Waals surface area contributed by atoms with Crippen LogP contribution in [0.5, 0.6) is 5.75 Å². The summed E-state index contributed by atoms with van der Waals surface area (Å²) in [7, 11) is 0. The maximum absolute atomic E-state index is 12.9. The Morgan fingerprint density at radius 3 is 2.65 bits per heavy atom. The number of hydrogen-bond donors (Lipinski definition) is 5. The number of cyclic esters (lactones) is 1.